The molecule has 0 heterocycles. The van der Waals surface area contributed by atoms with E-state index in [0.29, 0.717) is 0 Å². The summed E-state index contributed by atoms with van der Waals surface area (Å²) in [4.78, 5) is 0. The van der Waals surface area contributed by atoms with Crippen molar-refractivity contribution < 1.29 is 0 Å². The average Bonchev–Trinajstić information content (AvgIpc) is 3.41. The van der Waals surface area contributed by atoms with Gasteiger partial charge >= 0.3 is 0 Å². The lowest BCUT2D eigenvalue weighted by atomic mass is 9.67. The minimum absolute atomic E-state index is 0.467. The van der Waals surface area contributed by atoms with Crippen LogP contribution in [0.2, 0.25) is 5.02 Å². The van der Waals surface area contributed by atoms with Crippen molar-refractivity contribution in [3.8, 4) is 11.1 Å². The topological polar surface area (TPSA) is 0 Å². The molecule has 214 valence electrons. The van der Waals surface area contributed by atoms with Crippen LogP contribution in [0, 0.1) is 0 Å². The second kappa shape index (κ2) is 9.54. The van der Waals surface area contributed by atoms with Gasteiger partial charge in [0, 0.05) is 5.02 Å². The summed E-state index contributed by atoms with van der Waals surface area (Å²) in [6.07, 6.45) is 0. The monoisotopic (exact) mass is 602 g/mol. The van der Waals surface area contributed by atoms with Crippen LogP contribution in [0.4, 0.5) is 0 Å². The maximum atomic E-state index is 6.79. The van der Waals surface area contributed by atoms with Crippen LogP contribution in [-0.2, 0) is 5.41 Å². The Labute approximate surface area is 272 Å². The molecule has 10 rings (SSSR count). The summed E-state index contributed by atoms with van der Waals surface area (Å²) in [5.74, 6) is 0. The first kappa shape index (κ1) is 25.9. The summed E-state index contributed by atoms with van der Waals surface area (Å²) < 4.78 is 0. The van der Waals surface area contributed by atoms with Crippen molar-refractivity contribution in [2.45, 2.75) is 5.41 Å². The van der Waals surface area contributed by atoms with E-state index in [-0.39, 0.29) is 0 Å². The molecule has 0 nitrogen and oxygen atoms in total. The Hall–Kier alpha value is -5.43. The lowest BCUT2D eigenvalue weighted by Gasteiger charge is -2.34. The van der Waals surface area contributed by atoms with Gasteiger partial charge in [-0.2, -0.15) is 0 Å². The predicted molar refractivity (Wildman–Crippen MR) is 196 cm³/mol. The first-order chi connectivity index (χ1) is 22.7. The molecule has 9 aromatic rings. The minimum atomic E-state index is -0.467. The molecule has 0 aliphatic heterocycles. The fraction of sp³-hybridized carbons (Fsp3) is 0.0222. The van der Waals surface area contributed by atoms with Crippen LogP contribution in [0.3, 0.4) is 0 Å². The molecule has 0 amide bonds. The van der Waals surface area contributed by atoms with Crippen LogP contribution >= 0.6 is 11.6 Å². The van der Waals surface area contributed by atoms with Gasteiger partial charge in [0.25, 0.3) is 0 Å². The Kier molecular flexibility index (Phi) is 5.36. The zero-order chi connectivity index (χ0) is 30.4. The highest BCUT2D eigenvalue weighted by Gasteiger charge is 2.46. The van der Waals surface area contributed by atoms with Crippen molar-refractivity contribution in [3.05, 3.63) is 191 Å². The zero-order valence-corrected chi connectivity index (χ0v) is 25.7. The van der Waals surface area contributed by atoms with E-state index in [9.17, 15) is 0 Å². The lowest BCUT2D eigenvalue weighted by molar-refractivity contribution is 0.769. The van der Waals surface area contributed by atoms with Gasteiger partial charge in [-0.3, -0.25) is 0 Å². The third kappa shape index (κ3) is 3.29. The van der Waals surface area contributed by atoms with E-state index in [0.717, 1.165) is 5.02 Å². The molecular formula is C45H27Cl. The van der Waals surface area contributed by atoms with Crippen molar-refractivity contribution in [3.63, 3.8) is 0 Å². The molecule has 0 bridgehead atoms. The van der Waals surface area contributed by atoms with E-state index in [1.54, 1.807) is 0 Å². The molecule has 0 radical (unpaired) electrons. The molecule has 0 fully saturated rings. The van der Waals surface area contributed by atoms with E-state index in [2.05, 4.69) is 158 Å². The van der Waals surface area contributed by atoms with Crippen LogP contribution in [0.25, 0.3) is 65.0 Å². The number of rotatable bonds is 2. The molecule has 1 aliphatic carbocycles. The second-order valence-corrected chi connectivity index (χ2v) is 12.9. The maximum absolute atomic E-state index is 6.79. The Bertz CT molecular complexity index is 2650. The van der Waals surface area contributed by atoms with Crippen LogP contribution in [0.15, 0.2) is 164 Å². The Morgan fingerprint density at radius 1 is 0.326 bits per heavy atom. The molecule has 9 aromatic carbocycles. The predicted octanol–water partition coefficient (Wildman–Crippen LogP) is 12.5. The maximum Gasteiger partial charge on any atom is 0.0713 e. The van der Waals surface area contributed by atoms with Gasteiger partial charge in [-0.25, -0.2) is 0 Å². The highest BCUT2D eigenvalue weighted by Crippen LogP contribution is 2.58. The third-order valence-corrected chi connectivity index (χ3v) is 10.6. The van der Waals surface area contributed by atoms with Gasteiger partial charge in [0.15, 0.2) is 0 Å². The first-order valence-corrected chi connectivity index (χ1v) is 16.3. The molecule has 0 spiro atoms. The lowest BCUT2D eigenvalue weighted by Crippen LogP contribution is -2.28. The fourth-order valence-electron chi connectivity index (χ4n) is 8.58. The number of fused-ring (bicyclic) bond motifs is 14. The zero-order valence-electron chi connectivity index (χ0n) is 25.0. The van der Waals surface area contributed by atoms with Crippen LogP contribution < -0.4 is 0 Å². The molecule has 0 N–H and O–H groups in total. The summed E-state index contributed by atoms with van der Waals surface area (Å²) in [6.45, 7) is 0. The summed E-state index contributed by atoms with van der Waals surface area (Å²) >= 11 is 6.79. The highest BCUT2D eigenvalue weighted by molar-refractivity contribution is 6.41. The second-order valence-electron chi connectivity index (χ2n) is 12.5. The molecule has 1 heteroatoms. The molecule has 0 saturated carbocycles. The average molecular weight is 603 g/mol. The number of hydrogen-bond donors (Lipinski definition) is 0. The summed E-state index contributed by atoms with van der Waals surface area (Å²) in [5.41, 5.74) is 7.28. The van der Waals surface area contributed by atoms with Gasteiger partial charge in [0.1, 0.15) is 0 Å². The highest BCUT2D eigenvalue weighted by atomic mass is 35.5. The van der Waals surface area contributed by atoms with Gasteiger partial charge in [-0.1, -0.05) is 151 Å². The number of halogens is 1. The van der Waals surface area contributed by atoms with Gasteiger partial charge in [0.2, 0.25) is 0 Å². The van der Waals surface area contributed by atoms with Crippen LogP contribution in [0.5, 0.6) is 0 Å². The molecular weight excluding hydrogens is 576 g/mol. The van der Waals surface area contributed by atoms with Crippen molar-refractivity contribution in [1.82, 2.24) is 0 Å². The molecule has 0 aromatic heterocycles. The summed E-state index contributed by atoms with van der Waals surface area (Å²) in [6, 6.07) is 60.3. The smallest absolute Gasteiger partial charge is 0.0713 e. The standard InChI is InChI=1S/C45H27Cl/c46-30-23-24-36-37(25-30)38-26-39-33-19-11-12-22-41(33)45(28-13-3-1-4-14-28,29-15-5-2-6-16-29)42(39)27-40(38)44-35-21-10-8-18-32(35)31-17-7-9-20-34(31)43(36)44/h1-27H. The molecule has 0 saturated heterocycles. The SMILES string of the molecule is Clc1ccc2c(c1)c1cc3c(cc1c1c4ccccc4c4ccccc4c21)C(c1ccccc1)(c1ccccc1)c1ccccc1-3. The van der Waals surface area contributed by atoms with E-state index >= 15 is 0 Å². The Balaban J connectivity index is 1.50. The van der Waals surface area contributed by atoms with Crippen molar-refractivity contribution in [2.24, 2.45) is 0 Å². The van der Waals surface area contributed by atoms with Crippen molar-refractivity contribution in [2.75, 3.05) is 0 Å². The molecule has 1 aliphatic rings. The van der Waals surface area contributed by atoms with Crippen LogP contribution in [-0.4, -0.2) is 0 Å². The minimum Gasteiger partial charge on any atom is -0.0843 e. The molecule has 0 atom stereocenters. The number of hydrogen-bond acceptors (Lipinski definition) is 0. The van der Waals surface area contributed by atoms with Gasteiger partial charge in [0.05, 0.1) is 5.41 Å². The fourth-order valence-corrected chi connectivity index (χ4v) is 8.75. The van der Waals surface area contributed by atoms with Gasteiger partial charge in [-0.15, -0.1) is 0 Å². The summed E-state index contributed by atoms with van der Waals surface area (Å²) in [5, 5.41) is 13.4. The molecule has 0 unspecified atom stereocenters. The molecule has 46 heavy (non-hydrogen) atoms. The quantitative estimate of drug-likeness (QED) is 0.173. The van der Waals surface area contributed by atoms with E-state index in [1.165, 1.54) is 87.2 Å². The van der Waals surface area contributed by atoms with Gasteiger partial charge < -0.3 is 0 Å². The van der Waals surface area contributed by atoms with E-state index < -0.39 is 5.41 Å². The van der Waals surface area contributed by atoms with Gasteiger partial charge in [-0.05, 0) is 112 Å². The Morgan fingerprint density at radius 2 is 0.826 bits per heavy atom. The largest absolute Gasteiger partial charge is 0.0843 e. The first-order valence-electron chi connectivity index (χ1n) is 15.9. The van der Waals surface area contributed by atoms with E-state index in [4.69, 9.17) is 11.6 Å². The van der Waals surface area contributed by atoms with Crippen molar-refractivity contribution >= 4 is 65.5 Å². The third-order valence-electron chi connectivity index (χ3n) is 10.3. The van der Waals surface area contributed by atoms with E-state index in [1.807, 2.05) is 6.07 Å². The number of benzene rings is 9. The summed E-state index contributed by atoms with van der Waals surface area (Å²) in [7, 11) is 0. The normalized spacial score (nSPS) is 13.5. The Morgan fingerprint density at radius 3 is 1.48 bits per heavy atom. The van der Waals surface area contributed by atoms with Crippen LogP contribution in [0.1, 0.15) is 22.3 Å². The van der Waals surface area contributed by atoms with Crippen molar-refractivity contribution in [1.29, 1.82) is 0 Å².